The highest BCUT2D eigenvalue weighted by Crippen LogP contribution is 2.03. The molecule has 0 saturated heterocycles. The molecule has 0 aromatic heterocycles. The molecule has 0 aliphatic carbocycles. The molecule has 0 aliphatic rings. The molecule has 0 atom stereocenters. The molecule has 0 saturated carbocycles. The maximum Gasteiger partial charge on any atom is 0.224 e. The van der Waals surface area contributed by atoms with Gasteiger partial charge in [-0.2, -0.15) is 0 Å². The topological polar surface area (TPSA) is 29.1 Å². The Morgan fingerprint density at radius 1 is 1.21 bits per heavy atom. The van der Waals surface area contributed by atoms with E-state index in [2.05, 4.69) is 5.32 Å². The maximum atomic E-state index is 11.0. The standard InChI is InChI=1S/C10H13NO.C2H6/c1-8-3-5-9(6-4-8)7-10(12)11-2;1-2/h3-6H,7H2,1-2H3,(H,11,12);1-2H3. The van der Waals surface area contributed by atoms with Gasteiger partial charge in [-0.05, 0) is 12.5 Å². The second-order valence-corrected chi connectivity index (χ2v) is 2.84. The monoisotopic (exact) mass is 193 g/mol. The van der Waals surface area contributed by atoms with Crippen molar-refractivity contribution in [3.05, 3.63) is 35.4 Å². The Morgan fingerprint density at radius 2 is 1.71 bits per heavy atom. The average molecular weight is 193 g/mol. The molecule has 0 fully saturated rings. The van der Waals surface area contributed by atoms with E-state index in [1.807, 2.05) is 45.0 Å². The van der Waals surface area contributed by atoms with Crippen LogP contribution in [0.15, 0.2) is 24.3 Å². The molecular weight excluding hydrogens is 174 g/mol. The number of hydrogen-bond acceptors (Lipinski definition) is 1. The number of benzene rings is 1. The van der Waals surface area contributed by atoms with Crippen LogP contribution < -0.4 is 5.32 Å². The van der Waals surface area contributed by atoms with Gasteiger partial charge in [-0.25, -0.2) is 0 Å². The predicted octanol–water partition coefficient (Wildman–Crippen LogP) is 2.31. The van der Waals surface area contributed by atoms with E-state index in [1.165, 1.54) is 5.56 Å². The van der Waals surface area contributed by atoms with E-state index in [9.17, 15) is 4.79 Å². The first-order valence-corrected chi connectivity index (χ1v) is 4.98. The molecule has 1 N–H and O–H groups in total. The van der Waals surface area contributed by atoms with Crippen LogP contribution in [0.5, 0.6) is 0 Å². The lowest BCUT2D eigenvalue weighted by atomic mass is 10.1. The van der Waals surface area contributed by atoms with E-state index in [4.69, 9.17) is 0 Å². The summed E-state index contributed by atoms with van der Waals surface area (Å²) in [7, 11) is 1.65. The van der Waals surface area contributed by atoms with E-state index < -0.39 is 0 Å². The van der Waals surface area contributed by atoms with Crippen LogP contribution in [0.3, 0.4) is 0 Å². The second-order valence-electron chi connectivity index (χ2n) is 2.84. The van der Waals surface area contributed by atoms with E-state index in [0.717, 1.165) is 5.56 Å². The summed E-state index contributed by atoms with van der Waals surface area (Å²) in [5.74, 6) is 0.0545. The zero-order chi connectivity index (χ0) is 11.0. The number of nitrogens with one attached hydrogen (secondary N) is 1. The van der Waals surface area contributed by atoms with Gasteiger partial charge < -0.3 is 5.32 Å². The number of likely N-dealkylation sites (N-methyl/N-ethyl adjacent to an activating group) is 1. The average Bonchev–Trinajstić information content (AvgIpc) is 2.24. The van der Waals surface area contributed by atoms with Gasteiger partial charge in [-0.3, -0.25) is 4.79 Å². The summed E-state index contributed by atoms with van der Waals surface area (Å²) in [6.45, 7) is 6.03. The molecule has 0 aliphatic heterocycles. The van der Waals surface area contributed by atoms with Gasteiger partial charge in [0.05, 0.1) is 6.42 Å². The summed E-state index contributed by atoms with van der Waals surface area (Å²) in [6, 6.07) is 7.98. The number of hydrogen-bond donors (Lipinski definition) is 1. The molecule has 1 aromatic rings. The normalized spacial score (nSPS) is 8.57. The van der Waals surface area contributed by atoms with Crippen molar-refractivity contribution in [2.24, 2.45) is 0 Å². The summed E-state index contributed by atoms with van der Waals surface area (Å²) in [6.07, 6.45) is 0.469. The van der Waals surface area contributed by atoms with Gasteiger partial charge in [0.15, 0.2) is 0 Å². The van der Waals surface area contributed by atoms with Gasteiger partial charge in [0.1, 0.15) is 0 Å². The van der Waals surface area contributed by atoms with Crippen LogP contribution in [-0.4, -0.2) is 13.0 Å². The van der Waals surface area contributed by atoms with Crippen LogP contribution in [0, 0.1) is 6.92 Å². The van der Waals surface area contributed by atoms with Crippen LogP contribution >= 0.6 is 0 Å². The van der Waals surface area contributed by atoms with Crippen molar-refractivity contribution < 1.29 is 4.79 Å². The Labute approximate surface area is 86.3 Å². The quantitative estimate of drug-likeness (QED) is 0.767. The zero-order valence-electron chi connectivity index (χ0n) is 9.42. The van der Waals surface area contributed by atoms with E-state index in [0.29, 0.717) is 6.42 Å². The number of aryl methyl sites for hydroxylation is 1. The second kappa shape index (κ2) is 7.13. The van der Waals surface area contributed by atoms with Crippen molar-refractivity contribution in [1.82, 2.24) is 5.32 Å². The highest BCUT2D eigenvalue weighted by molar-refractivity contribution is 5.78. The van der Waals surface area contributed by atoms with Crippen LogP contribution in [0.25, 0.3) is 0 Å². The zero-order valence-corrected chi connectivity index (χ0v) is 9.42. The third-order valence-electron chi connectivity index (χ3n) is 1.76. The van der Waals surface area contributed by atoms with Crippen LogP contribution in [0.2, 0.25) is 0 Å². The van der Waals surface area contributed by atoms with E-state index in [1.54, 1.807) is 7.05 Å². The molecule has 1 amide bonds. The van der Waals surface area contributed by atoms with Crippen molar-refractivity contribution >= 4 is 5.91 Å². The number of rotatable bonds is 2. The molecule has 1 rings (SSSR count). The van der Waals surface area contributed by atoms with Crippen molar-refractivity contribution in [2.45, 2.75) is 27.2 Å². The molecule has 2 heteroatoms. The first-order chi connectivity index (χ1) is 6.72. The van der Waals surface area contributed by atoms with Gasteiger partial charge in [0, 0.05) is 7.05 Å². The van der Waals surface area contributed by atoms with Gasteiger partial charge in [-0.1, -0.05) is 43.7 Å². The third-order valence-corrected chi connectivity index (χ3v) is 1.76. The maximum absolute atomic E-state index is 11.0. The van der Waals surface area contributed by atoms with Crippen LogP contribution in [0.4, 0.5) is 0 Å². The smallest absolute Gasteiger partial charge is 0.224 e. The fraction of sp³-hybridized carbons (Fsp3) is 0.417. The van der Waals surface area contributed by atoms with Crippen molar-refractivity contribution in [3.8, 4) is 0 Å². The first kappa shape index (κ1) is 12.7. The minimum atomic E-state index is 0.0545. The summed E-state index contributed by atoms with van der Waals surface area (Å²) < 4.78 is 0. The van der Waals surface area contributed by atoms with Crippen molar-refractivity contribution in [3.63, 3.8) is 0 Å². The summed E-state index contributed by atoms with van der Waals surface area (Å²) >= 11 is 0. The van der Waals surface area contributed by atoms with Gasteiger partial charge in [-0.15, -0.1) is 0 Å². The molecule has 0 heterocycles. The number of amides is 1. The fourth-order valence-electron chi connectivity index (χ4n) is 0.980. The Morgan fingerprint density at radius 3 is 2.14 bits per heavy atom. The predicted molar refractivity (Wildman–Crippen MR) is 60.3 cm³/mol. The van der Waals surface area contributed by atoms with Gasteiger partial charge >= 0.3 is 0 Å². The highest BCUT2D eigenvalue weighted by Gasteiger charge is 1.98. The van der Waals surface area contributed by atoms with Crippen LogP contribution in [-0.2, 0) is 11.2 Å². The third kappa shape index (κ3) is 4.65. The van der Waals surface area contributed by atoms with E-state index in [-0.39, 0.29) is 5.91 Å². The molecule has 0 spiro atoms. The van der Waals surface area contributed by atoms with Crippen LogP contribution in [0.1, 0.15) is 25.0 Å². The summed E-state index contributed by atoms with van der Waals surface area (Å²) in [5, 5.41) is 2.59. The lowest BCUT2D eigenvalue weighted by Crippen LogP contribution is -2.19. The fourth-order valence-corrected chi connectivity index (χ4v) is 0.980. The Balaban J connectivity index is 0.000000791. The first-order valence-electron chi connectivity index (χ1n) is 4.98. The SMILES string of the molecule is CC.CNC(=O)Cc1ccc(C)cc1. The molecule has 78 valence electrons. The molecule has 2 nitrogen and oxygen atoms in total. The molecule has 14 heavy (non-hydrogen) atoms. The van der Waals surface area contributed by atoms with Crippen molar-refractivity contribution in [2.75, 3.05) is 7.05 Å². The Hall–Kier alpha value is -1.31. The minimum absolute atomic E-state index is 0.0545. The van der Waals surface area contributed by atoms with E-state index >= 15 is 0 Å². The molecule has 0 bridgehead atoms. The Kier molecular flexibility index (Phi) is 6.46. The molecule has 0 radical (unpaired) electrons. The lowest BCUT2D eigenvalue weighted by Gasteiger charge is -1.99. The lowest BCUT2D eigenvalue weighted by molar-refractivity contribution is -0.119. The van der Waals surface area contributed by atoms with Gasteiger partial charge in [0.25, 0.3) is 0 Å². The molecular formula is C12H19NO. The Bertz CT molecular complexity index is 264. The summed E-state index contributed by atoms with van der Waals surface area (Å²) in [5.41, 5.74) is 2.27. The molecule has 1 aromatic carbocycles. The van der Waals surface area contributed by atoms with Gasteiger partial charge in [0.2, 0.25) is 5.91 Å². The largest absolute Gasteiger partial charge is 0.359 e. The van der Waals surface area contributed by atoms with Crippen molar-refractivity contribution in [1.29, 1.82) is 0 Å². The number of carbonyl (C=O) groups excluding carboxylic acids is 1. The highest BCUT2D eigenvalue weighted by atomic mass is 16.1. The summed E-state index contributed by atoms with van der Waals surface area (Å²) in [4.78, 5) is 11.0. The minimum Gasteiger partial charge on any atom is -0.359 e. The molecule has 0 unspecified atom stereocenters. The number of carbonyl (C=O) groups is 1.